The summed E-state index contributed by atoms with van der Waals surface area (Å²) in [6, 6.07) is 10.7. The van der Waals surface area contributed by atoms with E-state index in [2.05, 4.69) is 11.9 Å². The lowest BCUT2D eigenvalue weighted by molar-refractivity contribution is 0.0636. The minimum Gasteiger partial charge on any atom is -0.486 e. The molecule has 0 aliphatic carbocycles. The summed E-state index contributed by atoms with van der Waals surface area (Å²) in [6.07, 6.45) is 2.36. The molecular weight excluding hydrogens is 384 g/mol. The van der Waals surface area contributed by atoms with Crippen LogP contribution in [0.15, 0.2) is 52.5 Å². The fourth-order valence-electron chi connectivity index (χ4n) is 2.53. The number of aromatic nitrogens is 1. The van der Waals surface area contributed by atoms with Crippen molar-refractivity contribution in [3.05, 3.63) is 69.5 Å². The Hall–Kier alpha value is -2.31. The molecule has 0 spiro atoms. The Morgan fingerprint density at radius 1 is 1.33 bits per heavy atom. The second-order valence-corrected chi connectivity index (χ2v) is 7.52. The number of carbonyl (C=O) groups is 1. The molecule has 1 amide bonds. The summed E-state index contributed by atoms with van der Waals surface area (Å²) in [6.45, 7) is 4.89. The highest BCUT2D eigenvalue weighted by atomic mass is 35.5. The largest absolute Gasteiger partial charge is 0.486 e. The van der Waals surface area contributed by atoms with Crippen LogP contribution < -0.4 is 4.74 Å². The molecule has 3 aromatic rings. The van der Waals surface area contributed by atoms with Crippen LogP contribution in [0.5, 0.6) is 5.75 Å². The summed E-state index contributed by atoms with van der Waals surface area (Å²) in [4.78, 5) is 19.1. The number of amides is 1. The maximum absolute atomic E-state index is 12.7. The van der Waals surface area contributed by atoms with Crippen LogP contribution in [-0.2, 0) is 13.2 Å². The van der Waals surface area contributed by atoms with Crippen molar-refractivity contribution in [3.8, 4) is 5.75 Å². The van der Waals surface area contributed by atoms with Crippen molar-refractivity contribution in [3.63, 3.8) is 0 Å². The predicted molar refractivity (Wildman–Crippen MR) is 106 cm³/mol. The highest BCUT2D eigenvalue weighted by molar-refractivity contribution is 7.09. The Labute approximate surface area is 167 Å². The summed E-state index contributed by atoms with van der Waals surface area (Å²) in [5.74, 6) is 0.962. The van der Waals surface area contributed by atoms with Crippen molar-refractivity contribution in [2.45, 2.75) is 39.5 Å². The number of carbonyl (C=O) groups excluding carboxylic acids is 1. The van der Waals surface area contributed by atoms with E-state index in [-0.39, 0.29) is 11.9 Å². The summed E-state index contributed by atoms with van der Waals surface area (Å²) >= 11 is 7.39. The van der Waals surface area contributed by atoms with E-state index in [1.54, 1.807) is 29.2 Å². The highest BCUT2D eigenvalue weighted by Gasteiger charge is 2.23. The molecule has 142 valence electrons. The molecule has 27 heavy (non-hydrogen) atoms. The van der Waals surface area contributed by atoms with Gasteiger partial charge < -0.3 is 14.1 Å². The molecule has 3 rings (SSSR count). The average molecular weight is 405 g/mol. The van der Waals surface area contributed by atoms with E-state index in [0.717, 1.165) is 22.9 Å². The molecule has 0 radical (unpaired) electrons. The number of furan rings is 1. The SMILES string of the molecule is CCC(C)N(Cc1csc(COc2ccc(Cl)cc2)n1)C(=O)c1ccco1. The second kappa shape index (κ2) is 9.06. The van der Waals surface area contributed by atoms with Crippen molar-refractivity contribution in [1.82, 2.24) is 9.88 Å². The summed E-state index contributed by atoms with van der Waals surface area (Å²) in [5, 5.41) is 3.49. The first-order valence-corrected chi connectivity index (χ1v) is 9.98. The van der Waals surface area contributed by atoms with Gasteiger partial charge in [-0.05, 0) is 49.7 Å². The van der Waals surface area contributed by atoms with Crippen molar-refractivity contribution >= 4 is 28.8 Å². The van der Waals surface area contributed by atoms with Gasteiger partial charge >= 0.3 is 0 Å². The fraction of sp³-hybridized carbons (Fsp3) is 0.300. The number of halogens is 1. The quantitative estimate of drug-likeness (QED) is 0.503. The van der Waals surface area contributed by atoms with Crippen LogP contribution in [0.25, 0.3) is 0 Å². The van der Waals surface area contributed by atoms with E-state index in [1.165, 1.54) is 17.6 Å². The van der Waals surface area contributed by atoms with Crippen molar-refractivity contribution < 1.29 is 13.9 Å². The first-order valence-electron chi connectivity index (χ1n) is 8.73. The summed E-state index contributed by atoms with van der Waals surface area (Å²) < 4.78 is 11.0. The van der Waals surface area contributed by atoms with Crippen LogP contribution in [0.3, 0.4) is 0 Å². The number of rotatable bonds is 8. The van der Waals surface area contributed by atoms with Gasteiger partial charge in [-0.25, -0.2) is 4.98 Å². The number of thiazole rings is 1. The molecule has 0 N–H and O–H groups in total. The van der Waals surface area contributed by atoms with Crippen molar-refractivity contribution in [1.29, 1.82) is 0 Å². The topological polar surface area (TPSA) is 55.6 Å². The molecule has 1 atom stereocenters. The van der Waals surface area contributed by atoms with Crippen molar-refractivity contribution in [2.75, 3.05) is 0 Å². The Kier molecular flexibility index (Phi) is 6.53. The number of benzene rings is 1. The zero-order valence-corrected chi connectivity index (χ0v) is 16.8. The van der Waals surface area contributed by atoms with Crippen LogP contribution >= 0.6 is 22.9 Å². The summed E-state index contributed by atoms with van der Waals surface area (Å²) in [7, 11) is 0. The second-order valence-electron chi connectivity index (χ2n) is 6.14. The molecule has 0 saturated heterocycles. The van der Waals surface area contributed by atoms with Crippen LogP contribution in [0, 0.1) is 0 Å². The van der Waals surface area contributed by atoms with Crippen LogP contribution in [0.1, 0.15) is 41.5 Å². The minimum atomic E-state index is -0.124. The normalized spacial score (nSPS) is 12.0. The van der Waals surface area contributed by atoms with E-state index in [9.17, 15) is 4.79 Å². The summed E-state index contributed by atoms with van der Waals surface area (Å²) in [5.41, 5.74) is 0.843. The first kappa shape index (κ1) is 19.5. The van der Waals surface area contributed by atoms with Gasteiger partial charge in [0.05, 0.1) is 18.5 Å². The standard InChI is InChI=1S/C20H21ClN2O3S/c1-3-14(2)23(20(24)18-5-4-10-25-18)11-16-13-27-19(22-16)12-26-17-8-6-15(21)7-9-17/h4-10,13-14H,3,11-12H2,1-2H3. The molecule has 0 bridgehead atoms. The molecule has 1 unspecified atom stereocenters. The van der Waals surface area contributed by atoms with Gasteiger partial charge in [0.15, 0.2) is 5.76 Å². The lowest BCUT2D eigenvalue weighted by Gasteiger charge is -2.27. The van der Waals surface area contributed by atoms with Gasteiger partial charge in [-0.2, -0.15) is 0 Å². The lowest BCUT2D eigenvalue weighted by atomic mass is 10.2. The van der Waals surface area contributed by atoms with Gasteiger partial charge in [0.2, 0.25) is 0 Å². The van der Waals surface area contributed by atoms with Crippen LogP contribution in [0.4, 0.5) is 0 Å². The number of hydrogen-bond acceptors (Lipinski definition) is 5. The molecule has 2 aromatic heterocycles. The Morgan fingerprint density at radius 2 is 2.11 bits per heavy atom. The van der Waals surface area contributed by atoms with E-state index in [0.29, 0.717) is 23.9 Å². The molecule has 0 saturated carbocycles. The molecule has 1 aromatic carbocycles. The lowest BCUT2D eigenvalue weighted by Crippen LogP contribution is -2.37. The molecule has 0 fully saturated rings. The Balaban J connectivity index is 1.64. The molecular formula is C20H21ClN2O3S. The third kappa shape index (κ3) is 5.11. The predicted octanol–water partition coefficient (Wildman–Crippen LogP) is 5.41. The van der Waals surface area contributed by atoms with E-state index in [1.807, 2.05) is 24.4 Å². The minimum absolute atomic E-state index is 0.0815. The smallest absolute Gasteiger partial charge is 0.290 e. The first-order chi connectivity index (χ1) is 13.1. The zero-order chi connectivity index (χ0) is 19.2. The van der Waals surface area contributed by atoms with Crippen molar-refractivity contribution in [2.24, 2.45) is 0 Å². The van der Waals surface area contributed by atoms with Gasteiger partial charge in [0, 0.05) is 16.4 Å². The van der Waals surface area contributed by atoms with Gasteiger partial charge in [-0.15, -0.1) is 11.3 Å². The average Bonchev–Trinajstić information content (AvgIpc) is 3.36. The van der Waals surface area contributed by atoms with Gasteiger partial charge in [-0.3, -0.25) is 4.79 Å². The Bertz CT molecular complexity index is 862. The third-order valence-corrected chi connectivity index (χ3v) is 5.35. The van der Waals surface area contributed by atoms with Gasteiger partial charge in [-0.1, -0.05) is 18.5 Å². The highest BCUT2D eigenvalue weighted by Crippen LogP contribution is 2.20. The van der Waals surface area contributed by atoms with Crippen LogP contribution in [-0.4, -0.2) is 21.8 Å². The third-order valence-electron chi connectivity index (χ3n) is 4.22. The molecule has 0 aliphatic heterocycles. The molecule has 2 heterocycles. The van der Waals surface area contributed by atoms with Gasteiger partial charge in [0.25, 0.3) is 5.91 Å². The van der Waals surface area contributed by atoms with Gasteiger partial charge in [0.1, 0.15) is 17.4 Å². The number of hydrogen-bond donors (Lipinski definition) is 0. The molecule has 7 heteroatoms. The molecule has 0 aliphatic rings. The Morgan fingerprint density at radius 3 is 2.78 bits per heavy atom. The zero-order valence-electron chi connectivity index (χ0n) is 15.2. The van der Waals surface area contributed by atoms with Crippen LogP contribution in [0.2, 0.25) is 5.02 Å². The maximum Gasteiger partial charge on any atom is 0.290 e. The maximum atomic E-state index is 12.7. The van der Waals surface area contributed by atoms with E-state index in [4.69, 9.17) is 20.8 Å². The van der Waals surface area contributed by atoms with E-state index < -0.39 is 0 Å². The number of ether oxygens (including phenoxy) is 1. The van der Waals surface area contributed by atoms with E-state index >= 15 is 0 Å². The monoisotopic (exact) mass is 404 g/mol. The number of nitrogens with zero attached hydrogens (tertiary/aromatic N) is 2. The molecule has 5 nitrogen and oxygen atoms in total. The fourth-order valence-corrected chi connectivity index (χ4v) is 3.35.